The van der Waals surface area contributed by atoms with Gasteiger partial charge in [0.1, 0.15) is 11.4 Å². The number of nitrogens with one attached hydrogen (secondary N) is 1. The molecule has 1 saturated heterocycles. The van der Waals surface area contributed by atoms with Crippen LogP contribution in [0.3, 0.4) is 0 Å². The average molecular weight is 326 g/mol. The number of carbonyl (C=O) groups is 1. The van der Waals surface area contributed by atoms with E-state index in [1.165, 1.54) is 0 Å². The third-order valence-corrected chi connectivity index (χ3v) is 4.20. The fourth-order valence-corrected chi connectivity index (χ4v) is 2.74. The molecule has 0 bridgehead atoms. The predicted molar refractivity (Wildman–Crippen MR) is 94.9 cm³/mol. The molecule has 1 aliphatic rings. The molecule has 0 saturated carbocycles. The van der Waals surface area contributed by atoms with Crippen LogP contribution in [0.4, 0.5) is 11.4 Å². The topological polar surface area (TPSA) is 57.7 Å². The third kappa shape index (κ3) is 3.65. The molecular formula is C18H22N4O2. The van der Waals surface area contributed by atoms with Crippen LogP contribution in [-0.4, -0.2) is 56.1 Å². The van der Waals surface area contributed by atoms with Gasteiger partial charge in [0, 0.05) is 38.1 Å². The molecule has 1 aliphatic heterocycles. The van der Waals surface area contributed by atoms with E-state index in [1.54, 1.807) is 31.5 Å². The largest absolute Gasteiger partial charge is 0.495 e. The number of piperazine rings is 1. The van der Waals surface area contributed by atoms with Gasteiger partial charge in [-0.3, -0.25) is 9.78 Å². The highest BCUT2D eigenvalue weighted by molar-refractivity contribution is 6.03. The Labute approximate surface area is 142 Å². The molecular weight excluding hydrogens is 304 g/mol. The highest BCUT2D eigenvalue weighted by atomic mass is 16.5. The summed E-state index contributed by atoms with van der Waals surface area (Å²) in [5.74, 6) is 0.390. The molecule has 0 unspecified atom stereocenters. The zero-order chi connectivity index (χ0) is 16.9. The van der Waals surface area contributed by atoms with Crippen molar-refractivity contribution in [3.63, 3.8) is 0 Å². The summed E-state index contributed by atoms with van der Waals surface area (Å²) < 4.78 is 5.38. The Morgan fingerprint density at radius 1 is 1.17 bits per heavy atom. The number of nitrogens with zero attached hydrogens (tertiary/aromatic N) is 3. The Hall–Kier alpha value is -2.60. The molecule has 2 heterocycles. The van der Waals surface area contributed by atoms with Crippen LogP contribution in [-0.2, 0) is 0 Å². The van der Waals surface area contributed by atoms with E-state index >= 15 is 0 Å². The maximum Gasteiger partial charge on any atom is 0.274 e. The molecule has 1 aromatic heterocycles. The lowest BCUT2D eigenvalue weighted by Gasteiger charge is -2.34. The molecule has 0 radical (unpaired) electrons. The van der Waals surface area contributed by atoms with Gasteiger partial charge in [0.05, 0.1) is 12.8 Å². The van der Waals surface area contributed by atoms with E-state index < -0.39 is 0 Å². The van der Waals surface area contributed by atoms with Gasteiger partial charge in [0.25, 0.3) is 5.91 Å². The normalized spacial score (nSPS) is 15.2. The first-order valence-electron chi connectivity index (χ1n) is 8.01. The van der Waals surface area contributed by atoms with E-state index in [0.717, 1.165) is 31.9 Å². The fourth-order valence-electron chi connectivity index (χ4n) is 2.74. The molecule has 1 aromatic carbocycles. The Balaban J connectivity index is 1.81. The van der Waals surface area contributed by atoms with E-state index in [0.29, 0.717) is 17.1 Å². The number of methoxy groups -OCH3 is 1. The Morgan fingerprint density at radius 3 is 2.62 bits per heavy atom. The van der Waals surface area contributed by atoms with Crippen LogP contribution in [0.1, 0.15) is 10.5 Å². The summed E-state index contributed by atoms with van der Waals surface area (Å²) in [4.78, 5) is 21.1. The number of rotatable bonds is 4. The number of likely N-dealkylation sites (N-methyl/N-ethyl adjacent to an activating group) is 1. The van der Waals surface area contributed by atoms with Crippen LogP contribution in [0, 0.1) is 0 Å². The number of ether oxygens (including phenoxy) is 1. The minimum absolute atomic E-state index is 0.246. The number of benzene rings is 1. The molecule has 0 atom stereocenters. The van der Waals surface area contributed by atoms with Crippen LogP contribution < -0.4 is 15.0 Å². The molecule has 1 N–H and O–H groups in total. The summed E-state index contributed by atoms with van der Waals surface area (Å²) in [5.41, 5.74) is 2.12. The Bertz CT molecular complexity index is 697. The Kier molecular flexibility index (Phi) is 4.96. The van der Waals surface area contributed by atoms with Gasteiger partial charge in [-0.1, -0.05) is 6.07 Å². The molecule has 0 spiro atoms. The molecule has 1 amide bonds. The smallest absolute Gasteiger partial charge is 0.274 e. The van der Waals surface area contributed by atoms with Crippen molar-refractivity contribution in [1.29, 1.82) is 0 Å². The lowest BCUT2D eigenvalue weighted by molar-refractivity contribution is 0.102. The lowest BCUT2D eigenvalue weighted by Crippen LogP contribution is -2.44. The maximum atomic E-state index is 12.4. The summed E-state index contributed by atoms with van der Waals surface area (Å²) in [7, 11) is 3.73. The molecule has 126 valence electrons. The van der Waals surface area contributed by atoms with Crippen LogP contribution in [0.5, 0.6) is 5.75 Å². The molecule has 6 nitrogen and oxygen atoms in total. The summed E-state index contributed by atoms with van der Waals surface area (Å²) in [6.07, 6.45) is 1.60. The summed E-state index contributed by atoms with van der Waals surface area (Å²) in [6.45, 7) is 4.00. The van der Waals surface area contributed by atoms with Crippen LogP contribution >= 0.6 is 0 Å². The third-order valence-electron chi connectivity index (χ3n) is 4.20. The minimum Gasteiger partial charge on any atom is -0.495 e. The van der Waals surface area contributed by atoms with Crippen molar-refractivity contribution in [3.8, 4) is 5.75 Å². The second-order valence-corrected chi connectivity index (χ2v) is 5.84. The number of carbonyl (C=O) groups excluding carboxylic acids is 1. The van der Waals surface area contributed by atoms with E-state index in [2.05, 4.69) is 27.1 Å². The van der Waals surface area contributed by atoms with Gasteiger partial charge in [-0.15, -0.1) is 0 Å². The fraction of sp³-hybridized carbons (Fsp3) is 0.333. The number of pyridine rings is 1. The quantitative estimate of drug-likeness (QED) is 0.932. The highest BCUT2D eigenvalue weighted by Gasteiger charge is 2.17. The van der Waals surface area contributed by atoms with E-state index in [1.807, 2.05) is 18.2 Å². The van der Waals surface area contributed by atoms with Crippen LogP contribution in [0.25, 0.3) is 0 Å². The van der Waals surface area contributed by atoms with Crippen molar-refractivity contribution in [2.75, 3.05) is 50.6 Å². The van der Waals surface area contributed by atoms with E-state index in [9.17, 15) is 4.79 Å². The minimum atomic E-state index is -0.246. The highest BCUT2D eigenvalue weighted by Crippen LogP contribution is 2.30. The number of aromatic nitrogens is 1. The lowest BCUT2D eigenvalue weighted by atomic mass is 10.2. The predicted octanol–water partition coefficient (Wildman–Crippen LogP) is 2.09. The van der Waals surface area contributed by atoms with Gasteiger partial charge in [0.15, 0.2) is 0 Å². The standard InChI is InChI=1S/C18H22N4O2/c1-21-9-11-22(12-10-21)14-6-7-17(24-2)16(13-14)20-18(23)15-5-3-4-8-19-15/h3-8,13H,9-12H2,1-2H3,(H,20,23). The first kappa shape index (κ1) is 16.3. The molecule has 2 aromatic rings. The van der Waals surface area contributed by atoms with Gasteiger partial charge in [-0.2, -0.15) is 0 Å². The number of amides is 1. The SMILES string of the molecule is COc1ccc(N2CCN(C)CC2)cc1NC(=O)c1ccccn1. The van der Waals surface area contributed by atoms with Crippen LogP contribution in [0.2, 0.25) is 0 Å². The second kappa shape index (κ2) is 7.31. The zero-order valence-electron chi connectivity index (χ0n) is 14.0. The molecule has 0 aliphatic carbocycles. The summed E-state index contributed by atoms with van der Waals surface area (Å²) >= 11 is 0. The van der Waals surface area contributed by atoms with Gasteiger partial charge >= 0.3 is 0 Å². The van der Waals surface area contributed by atoms with Gasteiger partial charge < -0.3 is 19.9 Å². The summed E-state index contributed by atoms with van der Waals surface area (Å²) in [6, 6.07) is 11.1. The molecule has 24 heavy (non-hydrogen) atoms. The van der Waals surface area contributed by atoms with Gasteiger partial charge in [-0.05, 0) is 37.4 Å². The van der Waals surface area contributed by atoms with Crippen LogP contribution in [0.15, 0.2) is 42.6 Å². The number of hydrogen-bond acceptors (Lipinski definition) is 5. The molecule has 3 rings (SSSR count). The number of anilines is 2. The average Bonchev–Trinajstić information content (AvgIpc) is 2.63. The second-order valence-electron chi connectivity index (χ2n) is 5.84. The van der Waals surface area contributed by atoms with Crippen molar-refractivity contribution in [3.05, 3.63) is 48.3 Å². The van der Waals surface area contributed by atoms with Crippen molar-refractivity contribution in [1.82, 2.24) is 9.88 Å². The van der Waals surface area contributed by atoms with Crippen molar-refractivity contribution in [2.45, 2.75) is 0 Å². The first-order valence-corrected chi connectivity index (χ1v) is 8.01. The van der Waals surface area contributed by atoms with E-state index in [-0.39, 0.29) is 5.91 Å². The van der Waals surface area contributed by atoms with Crippen molar-refractivity contribution in [2.24, 2.45) is 0 Å². The maximum absolute atomic E-state index is 12.4. The monoisotopic (exact) mass is 326 g/mol. The van der Waals surface area contributed by atoms with E-state index in [4.69, 9.17) is 4.74 Å². The molecule has 1 fully saturated rings. The first-order chi connectivity index (χ1) is 11.7. The summed E-state index contributed by atoms with van der Waals surface area (Å²) in [5, 5.41) is 2.90. The Morgan fingerprint density at radius 2 is 1.96 bits per heavy atom. The zero-order valence-corrected chi connectivity index (χ0v) is 14.0. The van der Waals surface area contributed by atoms with Crippen molar-refractivity contribution < 1.29 is 9.53 Å². The van der Waals surface area contributed by atoms with Crippen molar-refractivity contribution >= 4 is 17.3 Å². The van der Waals surface area contributed by atoms with Gasteiger partial charge in [-0.25, -0.2) is 0 Å². The molecule has 6 heteroatoms. The van der Waals surface area contributed by atoms with Gasteiger partial charge in [0.2, 0.25) is 0 Å². The number of hydrogen-bond donors (Lipinski definition) is 1.